The summed E-state index contributed by atoms with van der Waals surface area (Å²) >= 11 is 0. The second-order valence-electron chi connectivity index (χ2n) is 5.16. The van der Waals surface area contributed by atoms with E-state index in [-0.39, 0.29) is 18.2 Å². The van der Waals surface area contributed by atoms with Crippen molar-refractivity contribution >= 4 is 18.2 Å². The van der Waals surface area contributed by atoms with Crippen molar-refractivity contribution in [2.45, 2.75) is 25.9 Å². The topological polar surface area (TPSA) is 29.1 Å². The monoisotopic (exact) mass is 289 g/mol. The highest BCUT2D eigenvalue weighted by molar-refractivity contribution is 6.02. The number of hydrogen-bond acceptors (Lipinski definition) is 2. The molecule has 20 heavy (non-hydrogen) atoms. The van der Waals surface area contributed by atoms with Crippen LogP contribution in [0, 0.1) is 0 Å². The van der Waals surface area contributed by atoms with E-state index in [9.17, 15) is 4.79 Å². The Bertz CT molecular complexity index is 537. The van der Waals surface area contributed by atoms with Gasteiger partial charge in [-0.25, -0.2) is 0 Å². The molecule has 0 radical (unpaired) electrons. The number of ketones is 1. The molecule has 0 heterocycles. The van der Waals surface area contributed by atoms with Crippen LogP contribution >= 0.6 is 12.4 Å². The molecule has 0 spiro atoms. The molecule has 0 amide bonds. The quantitative estimate of drug-likeness (QED) is 0.847. The fourth-order valence-electron chi connectivity index (χ4n) is 1.95. The van der Waals surface area contributed by atoms with Gasteiger partial charge in [0.15, 0.2) is 5.78 Å². The molecule has 2 aromatic carbocycles. The third-order valence-electron chi connectivity index (χ3n) is 3.18. The standard InChI is InChI=1S/C17H19NO.ClH/c1-17(2,16(19)15-11-7-4-8-12-15)18-13-14-9-5-3-6-10-14;/h3-12,18H,13H2,1-2H3;1H. The highest BCUT2D eigenvalue weighted by Crippen LogP contribution is 2.13. The van der Waals surface area contributed by atoms with E-state index in [2.05, 4.69) is 17.4 Å². The summed E-state index contributed by atoms with van der Waals surface area (Å²) in [6.07, 6.45) is 0. The second kappa shape index (κ2) is 7.22. The maximum atomic E-state index is 12.4. The van der Waals surface area contributed by atoms with Crippen LogP contribution in [0.1, 0.15) is 29.8 Å². The molecule has 0 fully saturated rings. The van der Waals surface area contributed by atoms with Gasteiger partial charge in [0.05, 0.1) is 5.54 Å². The first kappa shape index (κ1) is 16.4. The first-order valence-electron chi connectivity index (χ1n) is 6.48. The van der Waals surface area contributed by atoms with Crippen LogP contribution in [0.5, 0.6) is 0 Å². The van der Waals surface area contributed by atoms with Crippen LogP contribution in [0.15, 0.2) is 60.7 Å². The van der Waals surface area contributed by atoms with E-state index >= 15 is 0 Å². The van der Waals surface area contributed by atoms with E-state index in [1.54, 1.807) is 0 Å². The molecule has 0 aliphatic rings. The number of carbonyl (C=O) groups excluding carboxylic acids is 1. The lowest BCUT2D eigenvalue weighted by Gasteiger charge is -2.25. The zero-order valence-corrected chi connectivity index (χ0v) is 12.6. The zero-order chi connectivity index (χ0) is 13.7. The number of benzene rings is 2. The van der Waals surface area contributed by atoms with Gasteiger partial charge in [-0.15, -0.1) is 12.4 Å². The maximum Gasteiger partial charge on any atom is 0.182 e. The summed E-state index contributed by atoms with van der Waals surface area (Å²) in [7, 11) is 0. The predicted octanol–water partition coefficient (Wildman–Crippen LogP) is 3.86. The molecular formula is C17H20ClNO. The normalized spacial score (nSPS) is 10.7. The Labute approximate surface area is 126 Å². The van der Waals surface area contributed by atoms with Crippen LogP contribution in [0.2, 0.25) is 0 Å². The summed E-state index contributed by atoms with van der Waals surface area (Å²) in [5, 5.41) is 3.32. The van der Waals surface area contributed by atoms with Crippen molar-refractivity contribution in [1.82, 2.24) is 5.32 Å². The number of rotatable bonds is 5. The minimum absolute atomic E-state index is 0. The average Bonchev–Trinajstić information content (AvgIpc) is 2.46. The Balaban J connectivity index is 0.00000200. The van der Waals surface area contributed by atoms with Gasteiger partial charge in [0.1, 0.15) is 0 Å². The Morgan fingerprint density at radius 2 is 1.45 bits per heavy atom. The van der Waals surface area contributed by atoms with Crippen molar-refractivity contribution in [3.63, 3.8) is 0 Å². The molecule has 0 saturated carbocycles. The van der Waals surface area contributed by atoms with Gasteiger partial charge < -0.3 is 5.32 Å². The molecule has 2 aromatic rings. The molecule has 106 valence electrons. The van der Waals surface area contributed by atoms with Crippen molar-refractivity contribution < 1.29 is 4.79 Å². The zero-order valence-electron chi connectivity index (χ0n) is 11.8. The van der Waals surface area contributed by atoms with E-state index in [4.69, 9.17) is 0 Å². The molecule has 2 rings (SSSR count). The molecule has 0 aromatic heterocycles. The molecule has 0 aliphatic carbocycles. The van der Waals surface area contributed by atoms with Crippen LogP contribution in [-0.2, 0) is 6.54 Å². The number of hydrogen-bond donors (Lipinski definition) is 1. The lowest BCUT2D eigenvalue weighted by molar-refractivity contribution is 0.0880. The third kappa shape index (κ3) is 4.19. The van der Waals surface area contributed by atoms with Gasteiger partial charge in [0.25, 0.3) is 0 Å². The lowest BCUT2D eigenvalue weighted by atomic mass is 9.93. The van der Waals surface area contributed by atoms with Gasteiger partial charge in [-0.2, -0.15) is 0 Å². The largest absolute Gasteiger partial charge is 0.301 e. The molecule has 0 bridgehead atoms. The minimum Gasteiger partial charge on any atom is -0.301 e. The lowest BCUT2D eigenvalue weighted by Crippen LogP contribution is -2.46. The average molecular weight is 290 g/mol. The SMILES string of the molecule is CC(C)(NCc1ccccc1)C(=O)c1ccccc1.Cl. The summed E-state index contributed by atoms with van der Waals surface area (Å²) in [6, 6.07) is 19.5. The van der Waals surface area contributed by atoms with E-state index in [0.717, 1.165) is 5.56 Å². The smallest absolute Gasteiger partial charge is 0.182 e. The molecule has 0 saturated heterocycles. The van der Waals surface area contributed by atoms with Crippen molar-refractivity contribution in [1.29, 1.82) is 0 Å². The number of carbonyl (C=O) groups is 1. The molecule has 0 aliphatic heterocycles. The van der Waals surface area contributed by atoms with Gasteiger partial charge in [-0.3, -0.25) is 4.79 Å². The molecule has 0 atom stereocenters. The molecule has 0 unspecified atom stereocenters. The van der Waals surface area contributed by atoms with Crippen LogP contribution < -0.4 is 5.32 Å². The summed E-state index contributed by atoms with van der Waals surface area (Å²) in [4.78, 5) is 12.4. The summed E-state index contributed by atoms with van der Waals surface area (Å²) < 4.78 is 0. The molecule has 1 N–H and O–H groups in total. The molecule has 2 nitrogen and oxygen atoms in total. The first-order chi connectivity index (χ1) is 9.09. The fraction of sp³-hybridized carbons (Fsp3) is 0.235. The first-order valence-corrected chi connectivity index (χ1v) is 6.48. The molecule has 3 heteroatoms. The highest BCUT2D eigenvalue weighted by Gasteiger charge is 2.27. The highest BCUT2D eigenvalue weighted by atomic mass is 35.5. The van der Waals surface area contributed by atoms with Crippen LogP contribution in [0.25, 0.3) is 0 Å². The maximum absolute atomic E-state index is 12.4. The van der Waals surface area contributed by atoms with Gasteiger partial charge >= 0.3 is 0 Å². The van der Waals surface area contributed by atoms with Crippen molar-refractivity contribution in [3.8, 4) is 0 Å². The number of nitrogens with one attached hydrogen (secondary N) is 1. The Kier molecular flexibility index (Phi) is 5.93. The van der Waals surface area contributed by atoms with Gasteiger partial charge in [-0.05, 0) is 19.4 Å². The van der Waals surface area contributed by atoms with E-state index in [0.29, 0.717) is 6.54 Å². The molecular weight excluding hydrogens is 270 g/mol. The van der Waals surface area contributed by atoms with Crippen LogP contribution in [-0.4, -0.2) is 11.3 Å². The Morgan fingerprint density at radius 3 is 2.00 bits per heavy atom. The van der Waals surface area contributed by atoms with Crippen molar-refractivity contribution in [2.24, 2.45) is 0 Å². The minimum atomic E-state index is -0.572. The Hall–Kier alpha value is -1.64. The number of Topliss-reactive ketones (excluding diaryl/α,β-unsaturated/α-hetero) is 1. The predicted molar refractivity (Wildman–Crippen MR) is 85.4 cm³/mol. The van der Waals surface area contributed by atoms with Crippen molar-refractivity contribution in [2.75, 3.05) is 0 Å². The van der Waals surface area contributed by atoms with E-state index in [1.807, 2.05) is 62.4 Å². The summed E-state index contributed by atoms with van der Waals surface area (Å²) in [5.74, 6) is 0.115. The van der Waals surface area contributed by atoms with Gasteiger partial charge in [0, 0.05) is 12.1 Å². The van der Waals surface area contributed by atoms with E-state index in [1.165, 1.54) is 5.56 Å². The number of halogens is 1. The fourth-order valence-corrected chi connectivity index (χ4v) is 1.95. The summed E-state index contributed by atoms with van der Waals surface area (Å²) in [6.45, 7) is 4.53. The van der Waals surface area contributed by atoms with E-state index < -0.39 is 5.54 Å². The van der Waals surface area contributed by atoms with Crippen LogP contribution in [0.3, 0.4) is 0 Å². The van der Waals surface area contributed by atoms with Crippen LogP contribution in [0.4, 0.5) is 0 Å². The second-order valence-corrected chi connectivity index (χ2v) is 5.16. The summed E-state index contributed by atoms with van der Waals surface area (Å²) in [5.41, 5.74) is 1.35. The third-order valence-corrected chi connectivity index (χ3v) is 3.18. The van der Waals surface area contributed by atoms with Gasteiger partial charge in [0.2, 0.25) is 0 Å². The Morgan fingerprint density at radius 1 is 0.950 bits per heavy atom. The van der Waals surface area contributed by atoms with Crippen molar-refractivity contribution in [3.05, 3.63) is 71.8 Å². The van der Waals surface area contributed by atoms with Gasteiger partial charge in [-0.1, -0.05) is 60.7 Å².